The molecular weight excluding hydrogens is 472 g/mol. The van der Waals surface area contributed by atoms with Gasteiger partial charge in [0.25, 0.3) is 0 Å². The molecule has 4 rings (SSSR count). The van der Waals surface area contributed by atoms with E-state index in [0.29, 0.717) is 19.3 Å². The topological polar surface area (TPSA) is 91.3 Å². The Morgan fingerprint density at radius 3 is 2.51 bits per heavy atom. The second kappa shape index (κ2) is 13.1. The van der Waals surface area contributed by atoms with Crippen LogP contribution in [0.5, 0.6) is 0 Å². The summed E-state index contributed by atoms with van der Waals surface area (Å²) in [7, 11) is 1.34. The lowest BCUT2D eigenvalue weighted by atomic mass is 9.71. The van der Waals surface area contributed by atoms with Crippen molar-refractivity contribution in [2.75, 3.05) is 13.7 Å². The van der Waals surface area contributed by atoms with Crippen LogP contribution in [0, 0.1) is 11.8 Å². The van der Waals surface area contributed by atoms with Crippen LogP contribution >= 0.6 is 0 Å². The van der Waals surface area contributed by atoms with Crippen molar-refractivity contribution in [1.82, 2.24) is 0 Å². The first-order chi connectivity index (χ1) is 17.9. The van der Waals surface area contributed by atoms with Crippen LogP contribution in [-0.4, -0.2) is 54.9 Å². The SMILES string of the molecule is CCCCCC(CCC1(OCC(=O)OC)C(O)CC2Cc3ccccc3CC21)OC(=O)OC1CCCC1. The maximum atomic E-state index is 12.6. The molecule has 0 heterocycles. The van der Waals surface area contributed by atoms with E-state index in [0.717, 1.165) is 64.2 Å². The highest BCUT2D eigenvalue weighted by Crippen LogP contribution is 2.51. The van der Waals surface area contributed by atoms with Crippen molar-refractivity contribution < 1.29 is 33.6 Å². The molecule has 1 aromatic carbocycles. The Labute approximate surface area is 221 Å². The standard InChI is InChI=1S/C30H44O7/c1-3-4-5-12-25(37-29(33)36-24-13-8-9-14-24)15-16-30(35-20-28(32)34-2)26-18-22-11-7-6-10-21(22)17-23(26)19-27(30)31/h6-7,10-11,23-27,31H,3-5,8-9,12-20H2,1-2H3. The third-order valence-corrected chi connectivity index (χ3v) is 8.83. The minimum absolute atomic E-state index is 0.0433. The zero-order valence-electron chi connectivity index (χ0n) is 22.5. The van der Waals surface area contributed by atoms with Crippen molar-refractivity contribution in [3.63, 3.8) is 0 Å². The highest BCUT2D eigenvalue weighted by molar-refractivity contribution is 5.70. The van der Waals surface area contributed by atoms with Crippen molar-refractivity contribution in [2.24, 2.45) is 11.8 Å². The van der Waals surface area contributed by atoms with E-state index in [1.807, 2.05) is 0 Å². The van der Waals surface area contributed by atoms with E-state index < -0.39 is 23.8 Å². The quantitative estimate of drug-likeness (QED) is 0.288. The molecule has 5 atom stereocenters. The molecule has 5 unspecified atom stereocenters. The molecule has 0 spiro atoms. The van der Waals surface area contributed by atoms with E-state index in [2.05, 4.69) is 31.2 Å². The van der Waals surface area contributed by atoms with Crippen molar-refractivity contribution >= 4 is 12.1 Å². The fraction of sp³-hybridized carbons (Fsp3) is 0.733. The second-order valence-electron chi connectivity index (χ2n) is 11.2. The van der Waals surface area contributed by atoms with E-state index in [-0.39, 0.29) is 30.7 Å². The van der Waals surface area contributed by atoms with Crippen molar-refractivity contribution in [2.45, 2.75) is 114 Å². The van der Waals surface area contributed by atoms with Crippen LogP contribution in [-0.2, 0) is 36.6 Å². The molecule has 2 saturated carbocycles. The normalized spacial score (nSPS) is 27.8. The molecule has 0 radical (unpaired) electrons. The number of aliphatic hydroxyl groups excluding tert-OH is 1. The molecule has 0 saturated heterocycles. The van der Waals surface area contributed by atoms with Gasteiger partial charge >= 0.3 is 12.1 Å². The summed E-state index contributed by atoms with van der Waals surface area (Å²) in [6, 6.07) is 8.43. The van der Waals surface area contributed by atoms with Crippen molar-refractivity contribution in [1.29, 1.82) is 0 Å². The van der Waals surface area contributed by atoms with Gasteiger partial charge in [0.2, 0.25) is 0 Å². The molecule has 2 fully saturated rings. The first-order valence-electron chi connectivity index (χ1n) is 14.3. The van der Waals surface area contributed by atoms with Crippen LogP contribution in [0.15, 0.2) is 24.3 Å². The third kappa shape index (κ3) is 6.85. The first-order valence-corrected chi connectivity index (χ1v) is 14.3. The molecule has 206 valence electrons. The van der Waals surface area contributed by atoms with Gasteiger partial charge < -0.3 is 24.1 Å². The Hall–Kier alpha value is -2.12. The van der Waals surface area contributed by atoms with E-state index in [1.165, 1.54) is 18.2 Å². The summed E-state index contributed by atoms with van der Waals surface area (Å²) < 4.78 is 22.6. The Morgan fingerprint density at radius 1 is 1.08 bits per heavy atom. The van der Waals surface area contributed by atoms with Crippen LogP contribution in [0.25, 0.3) is 0 Å². The number of aliphatic hydroxyl groups is 1. The van der Waals surface area contributed by atoms with Crippen LogP contribution in [0.2, 0.25) is 0 Å². The number of methoxy groups -OCH3 is 1. The summed E-state index contributed by atoms with van der Waals surface area (Å²) >= 11 is 0. The second-order valence-corrected chi connectivity index (χ2v) is 11.2. The van der Waals surface area contributed by atoms with Crippen LogP contribution in [0.3, 0.4) is 0 Å². The average molecular weight is 517 g/mol. The maximum Gasteiger partial charge on any atom is 0.508 e. The molecule has 3 aliphatic carbocycles. The predicted molar refractivity (Wildman–Crippen MR) is 139 cm³/mol. The van der Waals surface area contributed by atoms with Gasteiger partial charge in [-0.2, -0.15) is 0 Å². The monoisotopic (exact) mass is 516 g/mol. The number of hydrogen-bond acceptors (Lipinski definition) is 7. The molecule has 0 aliphatic heterocycles. The molecule has 3 aliphatic rings. The number of benzene rings is 1. The minimum atomic E-state index is -0.895. The van der Waals surface area contributed by atoms with E-state index in [4.69, 9.17) is 18.9 Å². The molecular formula is C30H44O7. The zero-order valence-corrected chi connectivity index (χ0v) is 22.5. The van der Waals surface area contributed by atoms with Gasteiger partial charge in [0, 0.05) is 0 Å². The Morgan fingerprint density at radius 2 is 1.81 bits per heavy atom. The van der Waals surface area contributed by atoms with Gasteiger partial charge in [-0.05, 0) is 93.6 Å². The minimum Gasteiger partial charge on any atom is -0.467 e. The molecule has 0 bridgehead atoms. The number of ether oxygens (including phenoxy) is 4. The molecule has 7 nitrogen and oxygen atoms in total. The fourth-order valence-electron chi connectivity index (χ4n) is 6.79. The number of carbonyl (C=O) groups excluding carboxylic acids is 2. The van der Waals surface area contributed by atoms with Crippen molar-refractivity contribution in [3.8, 4) is 0 Å². The lowest BCUT2D eigenvalue weighted by Crippen LogP contribution is -2.50. The maximum absolute atomic E-state index is 12.6. The van der Waals surface area contributed by atoms with Gasteiger partial charge in [0.1, 0.15) is 18.8 Å². The third-order valence-electron chi connectivity index (χ3n) is 8.83. The first kappa shape index (κ1) is 27.9. The van der Waals surface area contributed by atoms with Crippen LogP contribution in [0.4, 0.5) is 4.79 Å². The van der Waals surface area contributed by atoms with Gasteiger partial charge in [-0.3, -0.25) is 0 Å². The van der Waals surface area contributed by atoms with E-state index in [1.54, 1.807) is 0 Å². The number of rotatable bonds is 12. The lowest BCUT2D eigenvalue weighted by molar-refractivity contribution is -0.171. The van der Waals surface area contributed by atoms with E-state index in [9.17, 15) is 14.7 Å². The number of hydrogen-bond donors (Lipinski definition) is 1. The highest BCUT2D eigenvalue weighted by Gasteiger charge is 2.56. The largest absolute Gasteiger partial charge is 0.508 e. The van der Waals surface area contributed by atoms with Gasteiger partial charge in [-0.1, -0.05) is 44.0 Å². The summed E-state index contributed by atoms with van der Waals surface area (Å²) in [4.78, 5) is 24.7. The molecule has 1 N–H and O–H groups in total. The Kier molecular flexibility index (Phi) is 9.88. The van der Waals surface area contributed by atoms with Crippen LogP contribution in [0.1, 0.15) is 88.7 Å². The summed E-state index contributed by atoms with van der Waals surface area (Å²) in [5, 5.41) is 11.4. The molecule has 1 aromatic rings. The Bertz CT molecular complexity index is 896. The highest BCUT2D eigenvalue weighted by atomic mass is 16.7. The molecule has 0 aromatic heterocycles. The van der Waals surface area contributed by atoms with Crippen LogP contribution < -0.4 is 0 Å². The number of fused-ring (bicyclic) bond motifs is 2. The lowest BCUT2D eigenvalue weighted by Gasteiger charge is -2.42. The predicted octanol–water partition coefficient (Wildman–Crippen LogP) is 5.54. The van der Waals surface area contributed by atoms with Crippen molar-refractivity contribution in [3.05, 3.63) is 35.4 Å². The number of carbonyl (C=O) groups is 2. The molecule has 7 heteroatoms. The summed E-state index contributed by atoms with van der Waals surface area (Å²) in [6.07, 6.45) is 9.52. The summed E-state index contributed by atoms with van der Waals surface area (Å²) in [5.74, 6) is -0.111. The molecule has 0 amide bonds. The smallest absolute Gasteiger partial charge is 0.467 e. The zero-order chi connectivity index (χ0) is 26.3. The van der Waals surface area contributed by atoms with Gasteiger partial charge in [-0.25, -0.2) is 9.59 Å². The number of esters is 1. The summed E-state index contributed by atoms with van der Waals surface area (Å²) in [6.45, 7) is 1.94. The Balaban J connectivity index is 1.49. The number of unbranched alkanes of at least 4 members (excludes halogenated alkanes) is 2. The average Bonchev–Trinajstić information content (AvgIpc) is 3.50. The summed E-state index contributed by atoms with van der Waals surface area (Å²) in [5.41, 5.74) is 1.71. The van der Waals surface area contributed by atoms with E-state index >= 15 is 0 Å². The molecule has 37 heavy (non-hydrogen) atoms. The van der Waals surface area contributed by atoms with Gasteiger partial charge in [0.05, 0.1) is 18.8 Å². The fourth-order valence-corrected chi connectivity index (χ4v) is 6.79. The van der Waals surface area contributed by atoms with Gasteiger partial charge in [0.15, 0.2) is 0 Å². The van der Waals surface area contributed by atoms with Gasteiger partial charge in [-0.15, -0.1) is 0 Å².